The Balaban J connectivity index is 2.36. The summed E-state index contributed by atoms with van der Waals surface area (Å²) in [7, 11) is 0. The van der Waals surface area contributed by atoms with Crippen molar-refractivity contribution in [1.29, 1.82) is 0 Å². The quantitative estimate of drug-likeness (QED) is 0.774. The highest BCUT2D eigenvalue weighted by Gasteiger charge is 2.27. The number of carbonyl (C=O) groups excluding carboxylic acids is 1. The third-order valence-corrected chi connectivity index (χ3v) is 2.84. The van der Waals surface area contributed by atoms with Crippen molar-refractivity contribution < 1.29 is 13.9 Å². The molecule has 1 unspecified atom stereocenters. The van der Waals surface area contributed by atoms with Crippen LogP contribution < -0.4 is 4.74 Å². The molecule has 1 aliphatic heterocycles. The molecular weight excluding hydrogens is 251 g/mol. The molecule has 74 valence electrons. The van der Waals surface area contributed by atoms with Crippen LogP contribution in [-0.4, -0.2) is 11.9 Å². The molecule has 1 aromatic rings. The number of carbonyl (C=O) groups is 1. The maximum atomic E-state index is 13.1. The van der Waals surface area contributed by atoms with Crippen molar-refractivity contribution in [1.82, 2.24) is 0 Å². The average Bonchev–Trinajstić information content (AvgIpc) is 2.48. The van der Waals surface area contributed by atoms with Crippen LogP contribution in [0.15, 0.2) is 16.6 Å². The highest BCUT2D eigenvalue weighted by molar-refractivity contribution is 9.10. The van der Waals surface area contributed by atoms with Crippen LogP contribution in [0, 0.1) is 5.82 Å². The highest BCUT2D eigenvalue weighted by Crippen LogP contribution is 2.33. The predicted molar refractivity (Wildman–Crippen MR) is 52.9 cm³/mol. The molecule has 0 saturated heterocycles. The van der Waals surface area contributed by atoms with Gasteiger partial charge in [-0.25, -0.2) is 4.39 Å². The van der Waals surface area contributed by atoms with Gasteiger partial charge in [0.25, 0.3) is 0 Å². The Bertz CT molecular complexity index is 372. The first kappa shape index (κ1) is 9.65. The minimum atomic E-state index is -0.446. The van der Waals surface area contributed by atoms with Gasteiger partial charge < -0.3 is 4.74 Å². The van der Waals surface area contributed by atoms with Crippen molar-refractivity contribution in [3.63, 3.8) is 0 Å². The van der Waals surface area contributed by atoms with Crippen LogP contribution in [0.5, 0.6) is 5.75 Å². The summed E-state index contributed by atoms with van der Waals surface area (Å²) in [6, 6.07) is 2.97. The van der Waals surface area contributed by atoms with Crippen molar-refractivity contribution in [2.24, 2.45) is 0 Å². The zero-order chi connectivity index (χ0) is 10.3. The van der Waals surface area contributed by atoms with Gasteiger partial charge in [0.1, 0.15) is 11.6 Å². The minimum Gasteiger partial charge on any atom is -0.482 e. The standard InChI is InChI=1S/C10H8BrFO2/c1-5(13)9-3-6-2-7(11)8(12)4-10(6)14-9/h2,4,9H,3H2,1H3. The molecule has 0 aromatic heterocycles. The number of fused-ring (bicyclic) bond motifs is 1. The van der Waals surface area contributed by atoms with Crippen molar-refractivity contribution >= 4 is 21.7 Å². The highest BCUT2D eigenvalue weighted by atomic mass is 79.9. The second-order valence-corrected chi connectivity index (χ2v) is 4.15. The molecular formula is C10H8BrFO2. The van der Waals surface area contributed by atoms with Crippen LogP contribution in [0.2, 0.25) is 0 Å². The van der Waals surface area contributed by atoms with E-state index < -0.39 is 6.10 Å². The first-order valence-corrected chi connectivity index (χ1v) is 5.02. The Morgan fingerprint density at radius 1 is 1.64 bits per heavy atom. The normalized spacial score (nSPS) is 18.9. The third kappa shape index (κ3) is 1.54. The second-order valence-electron chi connectivity index (χ2n) is 3.30. The first-order chi connectivity index (χ1) is 6.58. The van der Waals surface area contributed by atoms with Crippen molar-refractivity contribution in [3.05, 3.63) is 28.0 Å². The molecule has 1 heterocycles. The Morgan fingerprint density at radius 3 is 3.00 bits per heavy atom. The van der Waals surface area contributed by atoms with E-state index in [9.17, 15) is 9.18 Å². The van der Waals surface area contributed by atoms with Gasteiger partial charge in [-0.15, -0.1) is 0 Å². The molecule has 2 nitrogen and oxygen atoms in total. The topological polar surface area (TPSA) is 26.3 Å². The Morgan fingerprint density at radius 2 is 2.36 bits per heavy atom. The zero-order valence-corrected chi connectivity index (χ0v) is 9.10. The maximum Gasteiger partial charge on any atom is 0.170 e. The van der Waals surface area contributed by atoms with E-state index in [-0.39, 0.29) is 11.6 Å². The van der Waals surface area contributed by atoms with Gasteiger partial charge in [-0.1, -0.05) is 0 Å². The number of Topliss-reactive ketones (excluding diaryl/α,β-unsaturated/α-hetero) is 1. The predicted octanol–water partition coefficient (Wildman–Crippen LogP) is 2.48. The summed E-state index contributed by atoms with van der Waals surface area (Å²) in [6.45, 7) is 1.47. The first-order valence-electron chi connectivity index (χ1n) is 4.23. The molecule has 0 fully saturated rings. The fraction of sp³-hybridized carbons (Fsp3) is 0.300. The number of hydrogen-bond donors (Lipinski definition) is 0. The summed E-state index contributed by atoms with van der Waals surface area (Å²) >= 11 is 3.09. The lowest BCUT2D eigenvalue weighted by molar-refractivity contribution is -0.122. The Kier molecular flexibility index (Phi) is 2.31. The van der Waals surface area contributed by atoms with Gasteiger partial charge in [0.15, 0.2) is 11.9 Å². The second kappa shape index (κ2) is 3.35. The van der Waals surface area contributed by atoms with E-state index in [2.05, 4.69) is 15.9 Å². The van der Waals surface area contributed by atoms with E-state index in [1.165, 1.54) is 13.0 Å². The van der Waals surface area contributed by atoms with Crippen LogP contribution in [0.1, 0.15) is 12.5 Å². The van der Waals surface area contributed by atoms with Gasteiger partial charge in [-0.3, -0.25) is 4.79 Å². The Hall–Kier alpha value is -0.900. The Labute approximate surface area is 89.2 Å². The summed E-state index contributed by atoms with van der Waals surface area (Å²) in [6.07, 6.45) is 0.0856. The number of ether oxygens (including phenoxy) is 1. The van der Waals surface area contributed by atoms with Gasteiger partial charge in [0, 0.05) is 12.5 Å². The monoisotopic (exact) mass is 258 g/mol. The molecule has 0 N–H and O–H groups in total. The molecule has 1 aromatic carbocycles. The number of benzene rings is 1. The number of halogens is 2. The van der Waals surface area contributed by atoms with E-state index >= 15 is 0 Å². The fourth-order valence-corrected chi connectivity index (χ4v) is 1.85. The summed E-state index contributed by atoms with van der Waals surface area (Å²) in [5.41, 5.74) is 0.874. The van der Waals surface area contributed by atoms with Crippen LogP contribution in [-0.2, 0) is 11.2 Å². The molecule has 0 bridgehead atoms. The summed E-state index contributed by atoms with van der Waals surface area (Å²) in [5, 5.41) is 0. The van der Waals surface area contributed by atoms with Crippen molar-refractivity contribution in [3.8, 4) is 5.75 Å². The van der Waals surface area contributed by atoms with E-state index in [4.69, 9.17) is 4.74 Å². The van der Waals surface area contributed by atoms with Gasteiger partial charge in [0.05, 0.1) is 4.47 Å². The van der Waals surface area contributed by atoms with E-state index in [0.717, 1.165) is 5.56 Å². The molecule has 0 radical (unpaired) electrons. The molecule has 1 atom stereocenters. The van der Waals surface area contributed by atoms with Crippen molar-refractivity contribution in [2.75, 3.05) is 0 Å². The lowest BCUT2D eigenvalue weighted by atomic mass is 10.1. The van der Waals surface area contributed by atoms with E-state index in [0.29, 0.717) is 16.6 Å². The molecule has 0 spiro atoms. The zero-order valence-electron chi connectivity index (χ0n) is 7.51. The number of rotatable bonds is 1. The molecule has 2 rings (SSSR count). The van der Waals surface area contributed by atoms with Crippen LogP contribution in [0.3, 0.4) is 0 Å². The summed E-state index contributed by atoms with van der Waals surface area (Å²) < 4.78 is 18.8. The van der Waals surface area contributed by atoms with E-state index in [1.807, 2.05) is 0 Å². The largest absolute Gasteiger partial charge is 0.482 e. The van der Waals surface area contributed by atoms with Crippen LogP contribution in [0.4, 0.5) is 4.39 Å². The summed E-state index contributed by atoms with van der Waals surface area (Å²) in [4.78, 5) is 11.1. The molecule has 0 amide bonds. The fourth-order valence-electron chi connectivity index (χ4n) is 1.46. The van der Waals surface area contributed by atoms with E-state index in [1.54, 1.807) is 6.07 Å². The molecule has 4 heteroatoms. The SMILES string of the molecule is CC(=O)C1Cc2cc(Br)c(F)cc2O1. The maximum absolute atomic E-state index is 13.1. The molecule has 0 aliphatic carbocycles. The lowest BCUT2D eigenvalue weighted by Gasteiger charge is -2.04. The molecule has 14 heavy (non-hydrogen) atoms. The minimum absolute atomic E-state index is 0.0299. The third-order valence-electron chi connectivity index (χ3n) is 2.23. The van der Waals surface area contributed by atoms with Gasteiger partial charge in [0.2, 0.25) is 0 Å². The van der Waals surface area contributed by atoms with Crippen molar-refractivity contribution in [2.45, 2.75) is 19.4 Å². The average molecular weight is 259 g/mol. The van der Waals surface area contributed by atoms with Crippen LogP contribution in [0.25, 0.3) is 0 Å². The van der Waals surface area contributed by atoms with Gasteiger partial charge in [-0.05, 0) is 34.5 Å². The van der Waals surface area contributed by atoms with Gasteiger partial charge >= 0.3 is 0 Å². The molecule has 1 aliphatic rings. The summed E-state index contributed by atoms with van der Waals surface area (Å²) in [5.74, 6) is 0.0802. The van der Waals surface area contributed by atoms with Crippen LogP contribution >= 0.6 is 15.9 Å². The molecule has 0 saturated carbocycles. The van der Waals surface area contributed by atoms with Gasteiger partial charge in [-0.2, -0.15) is 0 Å². The number of hydrogen-bond acceptors (Lipinski definition) is 2. The number of ketones is 1. The lowest BCUT2D eigenvalue weighted by Crippen LogP contribution is -2.21. The smallest absolute Gasteiger partial charge is 0.170 e.